The van der Waals surface area contributed by atoms with Crippen LogP contribution in [0.15, 0.2) is 40.6 Å². The number of carbonyl (C=O) groups excluding carboxylic acids is 2. The minimum Gasteiger partial charge on any atom is -0.355 e. The monoisotopic (exact) mass is 416 g/mol. The molecule has 25 heavy (non-hydrogen) atoms. The van der Waals surface area contributed by atoms with Gasteiger partial charge in [-0.3, -0.25) is 9.59 Å². The number of thiophene rings is 1. The van der Waals surface area contributed by atoms with Crippen LogP contribution in [0.5, 0.6) is 0 Å². The standard InChI is InChI=1S/C17H18Cl2N2O2S2/c1-11(25-15-10-12(18)5-6-13(15)19)16(22)20-7-3-8-21-17(23)14-4-2-9-24-14/h2,4-6,9-11H,3,7-8H2,1H3,(H,20,22)(H,21,23). The molecule has 1 heterocycles. The van der Waals surface area contributed by atoms with Gasteiger partial charge in [-0.05, 0) is 43.0 Å². The largest absolute Gasteiger partial charge is 0.355 e. The van der Waals surface area contributed by atoms with Crippen molar-refractivity contribution in [3.63, 3.8) is 0 Å². The van der Waals surface area contributed by atoms with E-state index in [1.807, 2.05) is 18.4 Å². The molecular weight excluding hydrogens is 399 g/mol. The normalized spacial score (nSPS) is 11.8. The number of benzene rings is 1. The second-order valence-electron chi connectivity index (χ2n) is 5.21. The molecule has 2 amide bonds. The Balaban J connectivity index is 1.67. The molecule has 0 spiro atoms. The molecule has 0 aliphatic heterocycles. The fourth-order valence-corrected chi connectivity index (χ4v) is 4.03. The fourth-order valence-electron chi connectivity index (χ4n) is 1.95. The van der Waals surface area contributed by atoms with Crippen molar-refractivity contribution >= 4 is 58.1 Å². The van der Waals surface area contributed by atoms with Crippen LogP contribution in [0.2, 0.25) is 10.0 Å². The molecule has 2 N–H and O–H groups in total. The van der Waals surface area contributed by atoms with E-state index in [9.17, 15) is 9.59 Å². The summed E-state index contributed by atoms with van der Waals surface area (Å²) in [7, 11) is 0. The molecule has 1 aromatic carbocycles. The van der Waals surface area contributed by atoms with E-state index in [0.29, 0.717) is 34.4 Å². The second kappa shape index (κ2) is 10.1. The number of hydrogen-bond donors (Lipinski definition) is 2. The van der Waals surface area contributed by atoms with E-state index in [2.05, 4.69) is 10.6 Å². The summed E-state index contributed by atoms with van der Waals surface area (Å²) in [4.78, 5) is 25.4. The third kappa shape index (κ3) is 6.55. The maximum atomic E-state index is 12.1. The van der Waals surface area contributed by atoms with Crippen LogP contribution in [0.3, 0.4) is 0 Å². The zero-order chi connectivity index (χ0) is 18.2. The molecule has 0 aliphatic rings. The Morgan fingerprint density at radius 1 is 1.20 bits per heavy atom. The predicted octanol–water partition coefficient (Wildman–Crippen LogP) is 4.47. The van der Waals surface area contributed by atoms with Crippen molar-refractivity contribution < 1.29 is 9.59 Å². The van der Waals surface area contributed by atoms with E-state index in [1.165, 1.54) is 23.1 Å². The maximum absolute atomic E-state index is 12.1. The van der Waals surface area contributed by atoms with Crippen LogP contribution in [0, 0.1) is 0 Å². The lowest BCUT2D eigenvalue weighted by Gasteiger charge is -2.13. The Hall–Kier alpha value is -1.21. The average molecular weight is 417 g/mol. The Labute approximate surface area is 165 Å². The lowest BCUT2D eigenvalue weighted by Crippen LogP contribution is -2.33. The summed E-state index contributed by atoms with van der Waals surface area (Å²) in [6.07, 6.45) is 0.665. The van der Waals surface area contributed by atoms with Crippen molar-refractivity contribution in [1.82, 2.24) is 10.6 Å². The molecule has 0 saturated heterocycles. The number of amides is 2. The van der Waals surface area contributed by atoms with Gasteiger partial charge in [0.1, 0.15) is 0 Å². The van der Waals surface area contributed by atoms with Gasteiger partial charge in [-0.1, -0.05) is 29.3 Å². The van der Waals surface area contributed by atoms with Gasteiger partial charge in [0.15, 0.2) is 0 Å². The summed E-state index contributed by atoms with van der Waals surface area (Å²) in [5, 5.41) is 8.41. The molecule has 2 aromatic rings. The van der Waals surface area contributed by atoms with Gasteiger partial charge in [0.25, 0.3) is 5.91 Å². The van der Waals surface area contributed by atoms with Crippen LogP contribution < -0.4 is 10.6 Å². The Kier molecular flexibility index (Phi) is 8.09. The Morgan fingerprint density at radius 2 is 1.96 bits per heavy atom. The zero-order valence-electron chi connectivity index (χ0n) is 13.6. The summed E-state index contributed by atoms with van der Waals surface area (Å²) in [6.45, 7) is 2.83. The Bertz CT molecular complexity index is 723. The van der Waals surface area contributed by atoms with Gasteiger partial charge in [0, 0.05) is 23.0 Å². The summed E-state index contributed by atoms with van der Waals surface area (Å²) >= 11 is 14.8. The van der Waals surface area contributed by atoms with Gasteiger partial charge >= 0.3 is 0 Å². The minimum absolute atomic E-state index is 0.0781. The van der Waals surface area contributed by atoms with Gasteiger partial charge in [0.2, 0.25) is 5.91 Å². The first-order valence-corrected chi connectivity index (χ1v) is 10.2. The van der Waals surface area contributed by atoms with Crippen molar-refractivity contribution in [3.05, 3.63) is 50.6 Å². The third-order valence-corrected chi connectivity index (χ3v) is 5.95. The summed E-state index contributed by atoms with van der Waals surface area (Å²) in [6, 6.07) is 8.79. The van der Waals surface area contributed by atoms with Crippen molar-refractivity contribution in [3.8, 4) is 0 Å². The first-order chi connectivity index (χ1) is 12.0. The van der Waals surface area contributed by atoms with Crippen LogP contribution in [0.4, 0.5) is 0 Å². The molecule has 0 fully saturated rings. The predicted molar refractivity (Wildman–Crippen MR) is 106 cm³/mol. The lowest BCUT2D eigenvalue weighted by atomic mass is 10.3. The molecule has 0 bridgehead atoms. The number of carbonyl (C=O) groups is 2. The highest BCUT2D eigenvalue weighted by molar-refractivity contribution is 8.00. The van der Waals surface area contributed by atoms with Crippen molar-refractivity contribution in [1.29, 1.82) is 0 Å². The molecule has 4 nitrogen and oxygen atoms in total. The molecule has 0 saturated carbocycles. The van der Waals surface area contributed by atoms with Crippen LogP contribution in [0.25, 0.3) is 0 Å². The fraction of sp³-hybridized carbons (Fsp3) is 0.294. The van der Waals surface area contributed by atoms with Crippen LogP contribution in [0.1, 0.15) is 23.0 Å². The van der Waals surface area contributed by atoms with Gasteiger partial charge < -0.3 is 10.6 Å². The zero-order valence-corrected chi connectivity index (χ0v) is 16.7. The van der Waals surface area contributed by atoms with Crippen molar-refractivity contribution in [2.75, 3.05) is 13.1 Å². The molecule has 1 atom stereocenters. The smallest absolute Gasteiger partial charge is 0.261 e. The average Bonchev–Trinajstić information content (AvgIpc) is 3.12. The first-order valence-electron chi connectivity index (χ1n) is 7.68. The second-order valence-corrected chi connectivity index (χ2v) is 8.39. The molecule has 0 radical (unpaired) electrons. The van der Waals surface area contributed by atoms with E-state index in [4.69, 9.17) is 23.2 Å². The molecule has 0 aliphatic carbocycles. The highest BCUT2D eigenvalue weighted by Crippen LogP contribution is 2.32. The van der Waals surface area contributed by atoms with E-state index < -0.39 is 0 Å². The van der Waals surface area contributed by atoms with Crippen molar-refractivity contribution in [2.24, 2.45) is 0 Å². The summed E-state index contributed by atoms with van der Waals surface area (Å²) in [5.74, 6) is -0.161. The van der Waals surface area contributed by atoms with Gasteiger partial charge in [-0.2, -0.15) is 0 Å². The summed E-state index contributed by atoms with van der Waals surface area (Å²) < 4.78 is 0. The number of nitrogens with one attached hydrogen (secondary N) is 2. The molecule has 134 valence electrons. The molecule has 2 rings (SSSR count). The number of hydrogen-bond acceptors (Lipinski definition) is 4. The molecular formula is C17H18Cl2N2O2S2. The SMILES string of the molecule is CC(Sc1cc(Cl)ccc1Cl)C(=O)NCCCNC(=O)c1cccs1. The highest BCUT2D eigenvalue weighted by atomic mass is 35.5. The molecule has 1 unspecified atom stereocenters. The van der Waals surface area contributed by atoms with Crippen LogP contribution in [-0.2, 0) is 4.79 Å². The van der Waals surface area contributed by atoms with Gasteiger partial charge in [-0.15, -0.1) is 23.1 Å². The highest BCUT2D eigenvalue weighted by Gasteiger charge is 2.15. The van der Waals surface area contributed by atoms with E-state index in [0.717, 1.165) is 4.90 Å². The van der Waals surface area contributed by atoms with Gasteiger partial charge in [-0.25, -0.2) is 0 Å². The number of thioether (sulfide) groups is 1. The van der Waals surface area contributed by atoms with E-state index in [-0.39, 0.29) is 17.1 Å². The first kappa shape index (κ1) is 20.1. The van der Waals surface area contributed by atoms with Crippen molar-refractivity contribution in [2.45, 2.75) is 23.5 Å². The lowest BCUT2D eigenvalue weighted by molar-refractivity contribution is -0.120. The van der Waals surface area contributed by atoms with E-state index in [1.54, 1.807) is 24.3 Å². The quantitative estimate of drug-likeness (QED) is 0.492. The number of halogens is 2. The maximum Gasteiger partial charge on any atom is 0.261 e. The van der Waals surface area contributed by atoms with E-state index >= 15 is 0 Å². The topological polar surface area (TPSA) is 58.2 Å². The molecule has 1 aromatic heterocycles. The molecule has 8 heteroatoms. The summed E-state index contributed by atoms with van der Waals surface area (Å²) in [5.41, 5.74) is 0. The van der Waals surface area contributed by atoms with Crippen LogP contribution >= 0.6 is 46.3 Å². The van der Waals surface area contributed by atoms with Crippen LogP contribution in [-0.4, -0.2) is 30.2 Å². The third-order valence-electron chi connectivity index (χ3n) is 3.25. The Morgan fingerprint density at radius 3 is 2.68 bits per heavy atom. The van der Waals surface area contributed by atoms with Gasteiger partial charge in [0.05, 0.1) is 15.1 Å². The minimum atomic E-state index is -0.295. The number of rotatable bonds is 8.